The van der Waals surface area contributed by atoms with E-state index in [2.05, 4.69) is 17.1 Å². The van der Waals surface area contributed by atoms with Crippen molar-refractivity contribution in [1.29, 1.82) is 0 Å². The van der Waals surface area contributed by atoms with Crippen LogP contribution in [0.1, 0.15) is 18.4 Å². The summed E-state index contributed by atoms with van der Waals surface area (Å²) in [6.45, 7) is 2.61. The summed E-state index contributed by atoms with van der Waals surface area (Å²) in [4.78, 5) is 0.937. The Labute approximate surface area is 74.0 Å². The zero-order valence-electron chi connectivity index (χ0n) is 6.82. The van der Waals surface area contributed by atoms with Crippen LogP contribution < -0.4 is 5.73 Å². The third kappa shape index (κ3) is 0.937. The molecule has 2 rings (SSSR count). The Bertz CT molecular complexity index is 355. The molecule has 2 aromatic heterocycles. The minimum absolute atomic E-state index is 0.547. The van der Waals surface area contributed by atoms with Crippen LogP contribution in [0.2, 0.25) is 0 Å². The van der Waals surface area contributed by atoms with Crippen LogP contribution in [0.5, 0.6) is 0 Å². The number of nitrogens with zero attached hydrogens (tertiary/aromatic N) is 3. The molecule has 5 heteroatoms. The average molecular weight is 182 g/mol. The smallest absolute Gasteiger partial charge is 0.216 e. The van der Waals surface area contributed by atoms with Gasteiger partial charge in [-0.2, -0.15) is 0 Å². The van der Waals surface area contributed by atoms with Gasteiger partial charge in [-0.25, -0.2) is 0 Å². The lowest BCUT2D eigenvalue weighted by atomic mass is 10.4. The number of aromatic nitrogens is 3. The first-order chi connectivity index (χ1) is 5.86. The highest BCUT2D eigenvalue weighted by Gasteiger charge is 2.08. The molecule has 12 heavy (non-hydrogen) atoms. The Morgan fingerprint density at radius 2 is 2.42 bits per heavy atom. The van der Waals surface area contributed by atoms with Crippen molar-refractivity contribution in [3.8, 4) is 0 Å². The van der Waals surface area contributed by atoms with E-state index in [1.54, 1.807) is 11.3 Å². The van der Waals surface area contributed by atoms with E-state index in [1.165, 1.54) is 0 Å². The van der Waals surface area contributed by atoms with E-state index in [0.717, 1.165) is 22.9 Å². The maximum Gasteiger partial charge on any atom is 0.216 e. The number of hydrogen-bond acceptors (Lipinski definition) is 4. The number of fused-ring (bicyclic) bond motifs is 1. The number of thiazole rings is 1. The zero-order chi connectivity index (χ0) is 8.55. The van der Waals surface area contributed by atoms with E-state index in [0.29, 0.717) is 6.54 Å². The minimum Gasteiger partial charge on any atom is -0.325 e. The summed E-state index contributed by atoms with van der Waals surface area (Å²) in [5.74, 6) is 0.992. The van der Waals surface area contributed by atoms with Gasteiger partial charge in [-0.3, -0.25) is 4.40 Å². The molecule has 0 saturated carbocycles. The summed E-state index contributed by atoms with van der Waals surface area (Å²) in [6, 6.07) is 0. The van der Waals surface area contributed by atoms with Crippen LogP contribution in [0.4, 0.5) is 0 Å². The second kappa shape index (κ2) is 2.84. The first-order valence-corrected chi connectivity index (χ1v) is 4.75. The van der Waals surface area contributed by atoms with Crippen LogP contribution >= 0.6 is 11.3 Å². The Morgan fingerprint density at radius 3 is 3.08 bits per heavy atom. The highest BCUT2D eigenvalue weighted by Crippen LogP contribution is 2.15. The molecule has 2 aromatic rings. The average Bonchev–Trinajstić information content (AvgIpc) is 2.62. The fourth-order valence-corrected chi connectivity index (χ4v) is 2.07. The highest BCUT2D eigenvalue weighted by atomic mass is 32.1. The van der Waals surface area contributed by atoms with Gasteiger partial charge in [0.25, 0.3) is 0 Å². The zero-order valence-corrected chi connectivity index (χ0v) is 7.64. The molecule has 0 bridgehead atoms. The lowest BCUT2D eigenvalue weighted by molar-refractivity contribution is 0.863. The first kappa shape index (κ1) is 7.70. The van der Waals surface area contributed by atoms with Gasteiger partial charge in [0, 0.05) is 18.3 Å². The van der Waals surface area contributed by atoms with E-state index in [1.807, 2.05) is 9.78 Å². The van der Waals surface area contributed by atoms with Crippen LogP contribution in [0.25, 0.3) is 4.96 Å². The van der Waals surface area contributed by atoms with Crippen molar-refractivity contribution >= 4 is 16.3 Å². The Kier molecular flexibility index (Phi) is 1.82. The van der Waals surface area contributed by atoms with Crippen molar-refractivity contribution in [3.63, 3.8) is 0 Å². The van der Waals surface area contributed by atoms with Gasteiger partial charge in [0.05, 0.1) is 5.69 Å². The predicted octanol–water partition coefficient (Wildman–Crippen LogP) is 0.812. The first-order valence-electron chi connectivity index (χ1n) is 3.87. The van der Waals surface area contributed by atoms with Crippen molar-refractivity contribution in [2.24, 2.45) is 5.73 Å². The summed E-state index contributed by atoms with van der Waals surface area (Å²) in [6.07, 6.45) is 0.894. The third-order valence-electron chi connectivity index (χ3n) is 1.81. The lowest BCUT2D eigenvalue weighted by Crippen LogP contribution is -2.02. The largest absolute Gasteiger partial charge is 0.325 e. The Morgan fingerprint density at radius 1 is 1.58 bits per heavy atom. The molecule has 4 nitrogen and oxygen atoms in total. The van der Waals surface area contributed by atoms with Crippen molar-refractivity contribution in [1.82, 2.24) is 14.6 Å². The van der Waals surface area contributed by atoms with Crippen LogP contribution in [0.3, 0.4) is 0 Å². The highest BCUT2D eigenvalue weighted by molar-refractivity contribution is 7.15. The van der Waals surface area contributed by atoms with Crippen LogP contribution in [-0.2, 0) is 13.0 Å². The van der Waals surface area contributed by atoms with Gasteiger partial charge >= 0.3 is 0 Å². The molecular weight excluding hydrogens is 172 g/mol. The SMILES string of the molecule is CCc1nnc2scc(CN)n12. The van der Waals surface area contributed by atoms with Crippen molar-refractivity contribution in [3.05, 3.63) is 16.9 Å². The molecule has 0 radical (unpaired) electrons. The van der Waals surface area contributed by atoms with Crippen molar-refractivity contribution in [2.75, 3.05) is 0 Å². The van der Waals surface area contributed by atoms with Gasteiger partial charge in [-0.15, -0.1) is 21.5 Å². The van der Waals surface area contributed by atoms with Gasteiger partial charge in [0.15, 0.2) is 0 Å². The second-order valence-electron chi connectivity index (χ2n) is 2.52. The van der Waals surface area contributed by atoms with Crippen molar-refractivity contribution < 1.29 is 0 Å². The van der Waals surface area contributed by atoms with E-state index >= 15 is 0 Å². The van der Waals surface area contributed by atoms with Crippen LogP contribution in [0, 0.1) is 0 Å². The molecule has 64 valence electrons. The summed E-state index contributed by atoms with van der Waals surface area (Å²) in [5.41, 5.74) is 6.67. The maximum absolute atomic E-state index is 5.57. The van der Waals surface area contributed by atoms with Gasteiger partial charge in [0.1, 0.15) is 5.82 Å². The van der Waals surface area contributed by atoms with Crippen molar-refractivity contribution in [2.45, 2.75) is 19.9 Å². The number of aryl methyl sites for hydroxylation is 1. The molecule has 0 saturated heterocycles. The molecular formula is C7H10N4S. The molecule has 0 aliphatic carbocycles. The quantitative estimate of drug-likeness (QED) is 0.747. The molecule has 0 aromatic carbocycles. The monoisotopic (exact) mass is 182 g/mol. The Balaban J connectivity index is 2.70. The fraction of sp³-hybridized carbons (Fsp3) is 0.429. The molecule has 2 N–H and O–H groups in total. The van der Waals surface area contributed by atoms with Crippen LogP contribution in [-0.4, -0.2) is 14.6 Å². The van der Waals surface area contributed by atoms with Gasteiger partial charge in [-0.1, -0.05) is 6.92 Å². The standard InChI is InChI=1S/C7H10N4S/c1-2-6-9-10-7-11(6)5(3-8)4-12-7/h4H,2-3,8H2,1H3. The summed E-state index contributed by atoms with van der Waals surface area (Å²) in [5, 5.41) is 10.1. The van der Waals surface area contributed by atoms with E-state index < -0.39 is 0 Å². The topological polar surface area (TPSA) is 56.2 Å². The van der Waals surface area contributed by atoms with Gasteiger partial charge < -0.3 is 5.73 Å². The molecule has 2 heterocycles. The number of rotatable bonds is 2. The number of nitrogens with two attached hydrogens (primary N) is 1. The third-order valence-corrected chi connectivity index (χ3v) is 2.68. The van der Waals surface area contributed by atoms with Gasteiger partial charge in [0.2, 0.25) is 4.96 Å². The molecule has 0 unspecified atom stereocenters. The molecule has 0 fully saturated rings. The van der Waals surface area contributed by atoms with E-state index in [-0.39, 0.29) is 0 Å². The van der Waals surface area contributed by atoms with E-state index in [4.69, 9.17) is 5.73 Å². The number of hydrogen-bond donors (Lipinski definition) is 1. The summed E-state index contributed by atoms with van der Waals surface area (Å²) >= 11 is 1.58. The summed E-state index contributed by atoms with van der Waals surface area (Å²) in [7, 11) is 0. The minimum atomic E-state index is 0.547. The van der Waals surface area contributed by atoms with E-state index in [9.17, 15) is 0 Å². The second-order valence-corrected chi connectivity index (χ2v) is 3.36. The molecule has 0 atom stereocenters. The molecule has 0 aliphatic heterocycles. The molecule has 0 aliphatic rings. The molecule has 0 amide bonds. The van der Waals surface area contributed by atoms with Gasteiger partial charge in [-0.05, 0) is 0 Å². The lowest BCUT2D eigenvalue weighted by Gasteiger charge is -1.95. The summed E-state index contributed by atoms with van der Waals surface area (Å²) < 4.78 is 2.03. The predicted molar refractivity (Wildman–Crippen MR) is 48.1 cm³/mol. The fourth-order valence-electron chi connectivity index (χ4n) is 1.21. The maximum atomic E-state index is 5.57. The Hall–Kier alpha value is -0.940. The molecule has 0 spiro atoms. The van der Waals surface area contributed by atoms with Crippen LogP contribution in [0.15, 0.2) is 5.38 Å². The normalized spacial score (nSPS) is 11.2.